The number of amides is 1. The summed E-state index contributed by atoms with van der Waals surface area (Å²) in [6.45, 7) is 6.43. The smallest absolute Gasteiger partial charge is 0.254 e. The Labute approximate surface area is 143 Å². The second-order valence-electron chi connectivity index (χ2n) is 7.23. The number of likely N-dealkylation sites (tertiary alicyclic amines) is 1. The van der Waals surface area contributed by atoms with Crippen molar-refractivity contribution in [3.8, 4) is 0 Å². The number of benzene rings is 1. The lowest BCUT2D eigenvalue weighted by Crippen LogP contribution is -2.34. The van der Waals surface area contributed by atoms with Crippen molar-refractivity contribution >= 4 is 21.6 Å². The number of hydrogen-bond donors (Lipinski definition) is 1. The summed E-state index contributed by atoms with van der Waals surface area (Å²) in [6.07, 6.45) is 1.56. The molecule has 2 aliphatic heterocycles. The van der Waals surface area contributed by atoms with Crippen molar-refractivity contribution in [2.24, 2.45) is 11.1 Å². The first-order valence-electron chi connectivity index (χ1n) is 8.36. The van der Waals surface area contributed by atoms with Crippen molar-refractivity contribution in [3.63, 3.8) is 0 Å². The molecule has 0 aliphatic carbocycles. The summed E-state index contributed by atoms with van der Waals surface area (Å²) in [5.41, 5.74) is 7.90. The van der Waals surface area contributed by atoms with Gasteiger partial charge >= 0.3 is 0 Å². The van der Waals surface area contributed by atoms with Gasteiger partial charge in [-0.3, -0.25) is 9.10 Å². The molecule has 0 spiro atoms. The number of anilines is 1. The lowest BCUT2D eigenvalue weighted by Gasteiger charge is -2.23. The van der Waals surface area contributed by atoms with E-state index < -0.39 is 10.0 Å². The lowest BCUT2D eigenvalue weighted by molar-refractivity contribution is 0.0776. The van der Waals surface area contributed by atoms with E-state index >= 15 is 0 Å². The predicted octanol–water partition coefficient (Wildman–Crippen LogP) is 1.35. The second kappa shape index (κ2) is 6.04. The van der Waals surface area contributed by atoms with Gasteiger partial charge in [0.05, 0.1) is 11.4 Å². The van der Waals surface area contributed by atoms with Crippen molar-refractivity contribution in [2.75, 3.05) is 36.2 Å². The van der Waals surface area contributed by atoms with Crippen LogP contribution in [0, 0.1) is 12.3 Å². The van der Waals surface area contributed by atoms with Crippen LogP contribution < -0.4 is 10.0 Å². The maximum absolute atomic E-state index is 12.8. The number of sulfonamides is 1. The number of nitrogens with two attached hydrogens (primary N) is 1. The molecule has 1 aromatic carbocycles. The third kappa shape index (κ3) is 3.02. The van der Waals surface area contributed by atoms with Gasteiger partial charge in [0.25, 0.3) is 5.91 Å². The highest BCUT2D eigenvalue weighted by molar-refractivity contribution is 7.93. The summed E-state index contributed by atoms with van der Waals surface area (Å²) < 4.78 is 25.5. The van der Waals surface area contributed by atoms with E-state index in [1.807, 2.05) is 11.8 Å². The highest BCUT2D eigenvalue weighted by atomic mass is 32.2. The van der Waals surface area contributed by atoms with Crippen LogP contribution >= 0.6 is 0 Å². The van der Waals surface area contributed by atoms with Gasteiger partial charge in [0.15, 0.2) is 0 Å². The van der Waals surface area contributed by atoms with Crippen molar-refractivity contribution in [3.05, 3.63) is 29.3 Å². The van der Waals surface area contributed by atoms with Crippen LogP contribution in [0.25, 0.3) is 0 Å². The Kier molecular flexibility index (Phi) is 4.34. The Balaban J connectivity index is 1.82. The zero-order chi connectivity index (χ0) is 17.5. The Morgan fingerprint density at radius 1 is 1.33 bits per heavy atom. The average Bonchev–Trinajstić information content (AvgIpc) is 3.10. The fourth-order valence-electron chi connectivity index (χ4n) is 3.51. The van der Waals surface area contributed by atoms with Crippen LogP contribution in [-0.4, -0.2) is 51.2 Å². The number of carbonyl (C=O) groups excluding carboxylic acids is 1. The predicted molar refractivity (Wildman–Crippen MR) is 94.6 cm³/mol. The van der Waals surface area contributed by atoms with Crippen molar-refractivity contribution in [1.29, 1.82) is 0 Å². The normalized spacial score (nSPS) is 26.1. The fourth-order valence-corrected chi connectivity index (χ4v) is 5.06. The first-order chi connectivity index (χ1) is 11.3. The first-order valence-corrected chi connectivity index (χ1v) is 9.97. The van der Waals surface area contributed by atoms with Crippen LogP contribution in [0.4, 0.5) is 5.69 Å². The minimum Gasteiger partial charge on any atom is -0.338 e. The largest absolute Gasteiger partial charge is 0.338 e. The van der Waals surface area contributed by atoms with Crippen LogP contribution in [0.5, 0.6) is 0 Å². The van der Waals surface area contributed by atoms with E-state index in [0.29, 0.717) is 43.9 Å². The lowest BCUT2D eigenvalue weighted by atomic mass is 9.90. The Morgan fingerprint density at radius 2 is 2.08 bits per heavy atom. The number of nitrogens with zero attached hydrogens (tertiary/aromatic N) is 2. The summed E-state index contributed by atoms with van der Waals surface area (Å²) in [7, 11) is -3.20. The molecule has 2 heterocycles. The minimum absolute atomic E-state index is 0.000467. The second-order valence-corrected chi connectivity index (χ2v) is 9.25. The Morgan fingerprint density at radius 3 is 2.62 bits per heavy atom. The molecule has 0 radical (unpaired) electrons. The molecule has 2 N–H and O–H groups in total. The highest BCUT2D eigenvalue weighted by Crippen LogP contribution is 2.31. The molecule has 6 nitrogen and oxygen atoms in total. The Hall–Kier alpha value is -1.60. The van der Waals surface area contributed by atoms with Crippen molar-refractivity contribution < 1.29 is 13.2 Å². The Bertz CT molecular complexity index is 762. The molecule has 7 heteroatoms. The molecule has 1 aromatic rings. The molecule has 0 aromatic heterocycles. The number of rotatable bonds is 3. The molecule has 0 bridgehead atoms. The molecule has 132 valence electrons. The molecule has 2 fully saturated rings. The molecule has 1 unspecified atom stereocenters. The number of aryl methyl sites for hydroxylation is 1. The first kappa shape index (κ1) is 17.2. The van der Waals surface area contributed by atoms with Crippen LogP contribution in [-0.2, 0) is 10.0 Å². The third-order valence-electron chi connectivity index (χ3n) is 5.17. The molecular weight excluding hydrogens is 326 g/mol. The van der Waals surface area contributed by atoms with E-state index in [0.717, 1.165) is 12.0 Å². The SMILES string of the molecule is Cc1cc(N2CCCS2(=O)=O)ccc1C(=O)N1CCC(C)(CN)C1. The van der Waals surface area contributed by atoms with Crippen LogP contribution in [0.1, 0.15) is 35.7 Å². The molecular formula is C17H25N3O3S. The van der Waals surface area contributed by atoms with Gasteiger partial charge in [-0.05, 0) is 55.5 Å². The number of carbonyl (C=O) groups is 1. The molecule has 0 saturated carbocycles. The van der Waals surface area contributed by atoms with E-state index in [-0.39, 0.29) is 17.1 Å². The van der Waals surface area contributed by atoms with Gasteiger partial charge in [-0.25, -0.2) is 8.42 Å². The molecule has 2 aliphatic rings. The van der Waals surface area contributed by atoms with Gasteiger partial charge in [0.1, 0.15) is 0 Å². The maximum atomic E-state index is 12.8. The van der Waals surface area contributed by atoms with Gasteiger partial charge in [-0.15, -0.1) is 0 Å². The summed E-state index contributed by atoms with van der Waals surface area (Å²) in [5.74, 6) is 0.193. The molecule has 2 saturated heterocycles. The van der Waals surface area contributed by atoms with E-state index in [4.69, 9.17) is 5.73 Å². The van der Waals surface area contributed by atoms with Gasteiger partial charge in [-0.2, -0.15) is 0 Å². The summed E-state index contributed by atoms with van der Waals surface area (Å²) >= 11 is 0. The van der Waals surface area contributed by atoms with Crippen molar-refractivity contribution in [2.45, 2.75) is 26.7 Å². The highest BCUT2D eigenvalue weighted by Gasteiger charge is 2.35. The van der Waals surface area contributed by atoms with E-state index in [1.54, 1.807) is 18.2 Å². The van der Waals surface area contributed by atoms with E-state index in [1.165, 1.54) is 4.31 Å². The molecule has 24 heavy (non-hydrogen) atoms. The van der Waals surface area contributed by atoms with Crippen LogP contribution in [0.15, 0.2) is 18.2 Å². The van der Waals surface area contributed by atoms with Crippen LogP contribution in [0.2, 0.25) is 0 Å². The zero-order valence-electron chi connectivity index (χ0n) is 14.3. The summed E-state index contributed by atoms with van der Waals surface area (Å²) in [5, 5.41) is 0. The number of hydrogen-bond acceptors (Lipinski definition) is 4. The van der Waals surface area contributed by atoms with Crippen LogP contribution in [0.3, 0.4) is 0 Å². The van der Waals surface area contributed by atoms with E-state index in [2.05, 4.69) is 6.92 Å². The topological polar surface area (TPSA) is 83.7 Å². The third-order valence-corrected chi connectivity index (χ3v) is 7.04. The van der Waals surface area contributed by atoms with E-state index in [9.17, 15) is 13.2 Å². The quantitative estimate of drug-likeness (QED) is 0.891. The molecule has 1 atom stereocenters. The molecule has 1 amide bonds. The summed E-state index contributed by atoms with van der Waals surface area (Å²) in [6, 6.07) is 5.29. The van der Waals surface area contributed by atoms with Gasteiger partial charge in [0, 0.05) is 25.2 Å². The monoisotopic (exact) mass is 351 g/mol. The maximum Gasteiger partial charge on any atom is 0.254 e. The zero-order valence-corrected chi connectivity index (χ0v) is 15.1. The van der Waals surface area contributed by atoms with Gasteiger partial charge in [-0.1, -0.05) is 6.92 Å². The van der Waals surface area contributed by atoms with Gasteiger partial charge < -0.3 is 10.6 Å². The summed E-state index contributed by atoms with van der Waals surface area (Å²) in [4.78, 5) is 14.6. The minimum atomic E-state index is -3.20. The average molecular weight is 351 g/mol. The molecule has 3 rings (SSSR count). The van der Waals surface area contributed by atoms with Crippen molar-refractivity contribution in [1.82, 2.24) is 4.90 Å². The standard InChI is InChI=1S/C17H25N3O3S/c1-13-10-14(20-7-3-9-24(20,22)23)4-5-15(13)16(21)19-8-6-17(2,11-18)12-19/h4-5,10H,3,6-9,11-12,18H2,1-2H3. The fraction of sp³-hybridized carbons (Fsp3) is 0.588. The van der Waals surface area contributed by atoms with Gasteiger partial charge in [0.2, 0.25) is 10.0 Å².